The fourth-order valence-corrected chi connectivity index (χ4v) is 2.06. The third-order valence-electron chi connectivity index (χ3n) is 3.58. The number of aliphatic imine (C=N–C) groups is 1. The zero-order valence-electron chi connectivity index (χ0n) is 16.2. The molecule has 0 saturated heterocycles. The number of rotatable bonds is 14. The molecule has 4 amide bonds. The third kappa shape index (κ3) is 11.4. The van der Waals surface area contributed by atoms with Crippen LogP contribution >= 0.6 is 0 Å². The average Bonchev–Trinajstić information content (AvgIpc) is 2.65. The lowest BCUT2D eigenvalue weighted by Gasteiger charge is -2.19. The van der Waals surface area contributed by atoms with Gasteiger partial charge in [-0.3, -0.25) is 24.2 Å². The van der Waals surface area contributed by atoms with Crippen LogP contribution in [0.2, 0.25) is 0 Å². The summed E-state index contributed by atoms with van der Waals surface area (Å²) in [5, 5.41) is 24.6. The number of nitrogens with one attached hydrogen (secondary N) is 3. The van der Waals surface area contributed by atoms with Crippen LogP contribution < -0.4 is 38.9 Å². The Hall–Kier alpha value is -3.46. The van der Waals surface area contributed by atoms with Crippen molar-refractivity contribution in [2.75, 3.05) is 19.7 Å². The smallest absolute Gasteiger partial charge is 0.326 e. The summed E-state index contributed by atoms with van der Waals surface area (Å²) in [7, 11) is 0. The van der Waals surface area contributed by atoms with Crippen LogP contribution in [0.5, 0.6) is 0 Å². The molecule has 3 unspecified atom stereocenters. The van der Waals surface area contributed by atoms with Crippen molar-refractivity contribution in [3.8, 4) is 0 Å². The molecule has 0 rings (SSSR count). The molecule has 13 N–H and O–H groups in total. The molecule has 0 spiro atoms. The Morgan fingerprint density at radius 1 is 0.967 bits per heavy atom. The fourth-order valence-electron chi connectivity index (χ4n) is 2.06. The lowest BCUT2D eigenvalue weighted by molar-refractivity contribution is -0.143. The van der Waals surface area contributed by atoms with E-state index in [1.54, 1.807) is 0 Å². The Labute approximate surface area is 171 Å². The van der Waals surface area contributed by atoms with E-state index in [4.69, 9.17) is 28.0 Å². The first kappa shape index (κ1) is 26.5. The van der Waals surface area contributed by atoms with E-state index in [1.807, 2.05) is 5.32 Å². The minimum absolute atomic E-state index is 0.0987. The van der Waals surface area contributed by atoms with Crippen molar-refractivity contribution >= 4 is 35.6 Å². The molecule has 0 saturated carbocycles. The van der Waals surface area contributed by atoms with Crippen molar-refractivity contribution in [3.63, 3.8) is 0 Å². The van der Waals surface area contributed by atoms with Crippen LogP contribution in [-0.4, -0.2) is 83.6 Å². The molecule has 15 heteroatoms. The Balaban J connectivity index is 4.53. The molecule has 0 radical (unpaired) electrons. The number of hydrogen-bond acceptors (Lipinski definition) is 8. The molecule has 3 atom stereocenters. The van der Waals surface area contributed by atoms with Crippen LogP contribution in [0.3, 0.4) is 0 Å². The van der Waals surface area contributed by atoms with E-state index in [-0.39, 0.29) is 18.9 Å². The topological polar surface area (TPSA) is 278 Å². The number of guanidine groups is 1. The second kappa shape index (κ2) is 13.7. The van der Waals surface area contributed by atoms with E-state index >= 15 is 0 Å². The van der Waals surface area contributed by atoms with E-state index < -0.39 is 67.3 Å². The maximum absolute atomic E-state index is 12.0. The van der Waals surface area contributed by atoms with Crippen molar-refractivity contribution in [3.05, 3.63) is 0 Å². The lowest BCUT2D eigenvalue weighted by atomic mass is 10.1. The Morgan fingerprint density at radius 2 is 1.60 bits per heavy atom. The number of nitrogens with two attached hydrogens (primary N) is 4. The molecule has 0 aromatic carbocycles. The van der Waals surface area contributed by atoms with E-state index in [2.05, 4.69) is 15.6 Å². The van der Waals surface area contributed by atoms with Gasteiger partial charge in [0.25, 0.3) is 0 Å². The van der Waals surface area contributed by atoms with Gasteiger partial charge >= 0.3 is 5.97 Å². The first-order valence-electron chi connectivity index (χ1n) is 8.78. The van der Waals surface area contributed by atoms with Crippen LogP contribution in [-0.2, 0) is 24.0 Å². The van der Waals surface area contributed by atoms with E-state index in [9.17, 15) is 29.1 Å². The first-order chi connectivity index (χ1) is 14.0. The molecule has 0 aromatic rings. The molecule has 0 fully saturated rings. The molecule has 0 aliphatic rings. The van der Waals surface area contributed by atoms with Crippen LogP contribution in [0.15, 0.2) is 4.99 Å². The molecular formula is C15H28N8O7. The maximum atomic E-state index is 12.0. The molecule has 0 aromatic heterocycles. The third-order valence-corrected chi connectivity index (χ3v) is 3.58. The SMILES string of the molecule is NC(=O)CC(NC(=O)CNC(=O)C(CO)NC(=O)C(N)CCCN=C(N)N)C(=O)O. The summed E-state index contributed by atoms with van der Waals surface area (Å²) in [5.41, 5.74) is 20.9. The number of aliphatic carboxylic acids is 1. The van der Waals surface area contributed by atoms with E-state index in [1.165, 1.54) is 0 Å². The van der Waals surface area contributed by atoms with Gasteiger partial charge in [0.1, 0.15) is 12.1 Å². The van der Waals surface area contributed by atoms with Gasteiger partial charge in [-0.05, 0) is 12.8 Å². The number of nitrogens with zero attached hydrogens (tertiary/aromatic N) is 1. The predicted molar refractivity (Wildman–Crippen MR) is 103 cm³/mol. The minimum Gasteiger partial charge on any atom is -0.480 e. The summed E-state index contributed by atoms with van der Waals surface area (Å²) in [6.45, 7) is -1.19. The highest BCUT2D eigenvalue weighted by atomic mass is 16.4. The maximum Gasteiger partial charge on any atom is 0.326 e. The van der Waals surface area contributed by atoms with E-state index in [0.29, 0.717) is 6.42 Å². The highest BCUT2D eigenvalue weighted by Gasteiger charge is 2.25. The van der Waals surface area contributed by atoms with Crippen molar-refractivity contribution in [2.24, 2.45) is 27.9 Å². The van der Waals surface area contributed by atoms with Gasteiger partial charge in [0.05, 0.1) is 25.6 Å². The normalized spacial score (nSPS) is 13.3. The molecule has 0 aliphatic carbocycles. The van der Waals surface area contributed by atoms with Gasteiger partial charge in [0.2, 0.25) is 23.6 Å². The molecule has 0 heterocycles. The zero-order valence-corrected chi connectivity index (χ0v) is 16.2. The number of carbonyl (C=O) groups is 5. The zero-order chi connectivity index (χ0) is 23.3. The average molecular weight is 432 g/mol. The van der Waals surface area contributed by atoms with Crippen molar-refractivity contribution in [1.29, 1.82) is 0 Å². The standard InChI is InChI=1S/C15H28N8O7/c16-7(2-1-3-20-15(18)19)12(27)23-9(6-24)13(28)21-5-11(26)22-8(14(29)30)4-10(17)25/h7-9,24H,1-6,16H2,(H2,17,25)(H,21,28)(H,22,26)(H,23,27)(H,29,30)(H4,18,19,20). The number of aliphatic hydroxyl groups is 1. The van der Waals surface area contributed by atoms with Gasteiger partial charge in [-0.15, -0.1) is 0 Å². The number of carboxylic acids is 1. The summed E-state index contributed by atoms with van der Waals surface area (Å²) in [6, 6.07) is -3.94. The van der Waals surface area contributed by atoms with Crippen LogP contribution in [0.1, 0.15) is 19.3 Å². The summed E-state index contributed by atoms with van der Waals surface area (Å²) < 4.78 is 0. The van der Waals surface area contributed by atoms with Crippen LogP contribution in [0.4, 0.5) is 0 Å². The van der Waals surface area contributed by atoms with Gasteiger partial charge < -0.3 is 49.1 Å². The Morgan fingerprint density at radius 3 is 2.10 bits per heavy atom. The van der Waals surface area contributed by atoms with Crippen molar-refractivity contribution in [2.45, 2.75) is 37.4 Å². The highest BCUT2D eigenvalue weighted by molar-refractivity contribution is 5.93. The van der Waals surface area contributed by atoms with Gasteiger partial charge in [0.15, 0.2) is 5.96 Å². The van der Waals surface area contributed by atoms with Crippen LogP contribution in [0, 0.1) is 0 Å². The van der Waals surface area contributed by atoms with Gasteiger partial charge in [-0.1, -0.05) is 0 Å². The fraction of sp³-hybridized carbons (Fsp3) is 0.600. The number of aliphatic hydroxyl groups excluding tert-OH is 1. The summed E-state index contributed by atoms with van der Waals surface area (Å²) in [4.78, 5) is 61.3. The second-order valence-corrected chi connectivity index (χ2v) is 6.15. The number of carboxylic acid groups (broad SMARTS) is 1. The number of amides is 4. The van der Waals surface area contributed by atoms with E-state index in [0.717, 1.165) is 0 Å². The van der Waals surface area contributed by atoms with Gasteiger partial charge in [-0.25, -0.2) is 4.79 Å². The molecule has 0 bridgehead atoms. The Kier molecular flexibility index (Phi) is 12.1. The molecule has 170 valence electrons. The van der Waals surface area contributed by atoms with Crippen molar-refractivity contribution < 1.29 is 34.2 Å². The predicted octanol–water partition coefficient (Wildman–Crippen LogP) is -5.59. The lowest BCUT2D eigenvalue weighted by Crippen LogP contribution is -2.55. The summed E-state index contributed by atoms with van der Waals surface area (Å²) >= 11 is 0. The monoisotopic (exact) mass is 432 g/mol. The summed E-state index contributed by atoms with van der Waals surface area (Å²) in [5.74, 6) is -5.07. The summed E-state index contributed by atoms with van der Waals surface area (Å²) in [6.07, 6.45) is -0.0225. The van der Waals surface area contributed by atoms with Gasteiger partial charge in [-0.2, -0.15) is 0 Å². The number of hydrogen-bond donors (Lipinski definition) is 9. The highest BCUT2D eigenvalue weighted by Crippen LogP contribution is 1.97. The molecule has 30 heavy (non-hydrogen) atoms. The number of primary amides is 1. The van der Waals surface area contributed by atoms with Crippen molar-refractivity contribution in [1.82, 2.24) is 16.0 Å². The van der Waals surface area contributed by atoms with Gasteiger partial charge in [0, 0.05) is 6.54 Å². The van der Waals surface area contributed by atoms with Crippen LogP contribution in [0.25, 0.3) is 0 Å². The molecule has 0 aliphatic heterocycles. The first-order valence-corrected chi connectivity index (χ1v) is 8.78. The largest absolute Gasteiger partial charge is 0.480 e. The molecular weight excluding hydrogens is 404 g/mol. The molecule has 15 nitrogen and oxygen atoms in total. The second-order valence-electron chi connectivity index (χ2n) is 6.15. The number of carbonyl (C=O) groups excluding carboxylic acids is 4. The Bertz CT molecular complexity index is 665. The minimum atomic E-state index is -1.56. The quantitative estimate of drug-likeness (QED) is 0.0712.